The third-order valence-electron chi connectivity index (χ3n) is 11.2. The molecule has 1 N–H and O–H groups in total. The Bertz CT molecular complexity index is 1280. The second-order valence-electron chi connectivity index (χ2n) is 13.2. The van der Waals surface area contributed by atoms with E-state index in [0.29, 0.717) is 32.5 Å². The van der Waals surface area contributed by atoms with Gasteiger partial charge in [0.25, 0.3) is 0 Å². The van der Waals surface area contributed by atoms with Gasteiger partial charge in [0.15, 0.2) is 17.2 Å². The molecule has 3 aliphatic carbocycles. The number of hydrogen-bond donors (Lipinski definition) is 1. The highest BCUT2D eigenvalue weighted by Gasteiger charge is 2.74. The number of Topliss-reactive ketones (excluding diaryl/α,β-unsaturated/α-hetero) is 1. The van der Waals surface area contributed by atoms with Crippen LogP contribution in [-0.2, 0) is 25.7 Å². The summed E-state index contributed by atoms with van der Waals surface area (Å²) in [5, 5.41) is 11.8. The lowest BCUT2D eigenvalue weighted by atomic mass is 9.37. The van der Waals surface area contributed by atoms with E-state index in [4.69, 9.17) is 4.74 Å². The van der Waals surface area contributed by atoms with Crippen molar-refractivity contribution in [1.29, 1.82) is 0 Å². The van der Waals surface area contributed by atoms with Crippen molar-refractivity contribution in [2.75, 3.05) is 19.7 Å². The fourth-order valence-corrected chi connectivity index (χ4v) is 8.75. The van der Waals surface area contributed by atoms with Gasteiger partial charge < -0.3 is 9.84 Å². The van der Waals surface area contributed by atoms with Crippen molar-refractivity contribution in [1.82, 2.24) is 4.90 Å². The normalized spacial score (nSPS) is 40.8. The first-order valence-corrected chi connectivity index (χ1v) is 14.6. The monoisotopic (exact) mass is 569 g/mol. The number of ketones is 2. The minimum absolute atomic E-state index is 0.0201. The fraction of sp³-hybridized carbons (Fsp3) is 0.606. The van der Waals surface area contributed by atoms with Gasteiger partial charge in [0, 0.05) is 37.3 Å². The molecule has 8 atom stereocenters. The van der Waals surface area contributed by atoms with Crippen LogP contribution in [-0.4, -0.2) is 65.2 Å². The van der Waals surface area contributed by atoms with Crippen molar-refractivity contribution in [3.63, 3.8) is 0 Å². The molecule has 222 valence electrons. The Labute approximate surface area is 240 Å². The molecule has 8 heteroatoms. The molecule has 1 heterocycles. The first-order valence-electron chi connectivity index (χ1n) is 14.6. The number of halogens is 2. The van der Waals surface area contributed by atoms with Crippen molar-refractivity contribution in [2.24, 2.45) is 28.1 Å². The summed E-state index contributed by atoms with van der Waals surface area (Å²) in [7, 11) is 0. The maximum absolute atomic E-state index is 17.8. The molecule has 41 heavy (non-hydrogen) atoms. The van der Waals surface area contributed by atoms with Crippen LogP contribution in [0.5, 0.6) is 0 Å². The third-order valence-corrected chi connectivity index (χ3v) is 11.2. The van der Waals surface area contributed by atoms with E-state index in [1.807, 2.05) is 44.2 Å². The van der Waals surface area contributed by atoms with Gasteiger partial charge in [0.1, 0.15) is 12.8 Å². The molecule has 1 saturated heterocycles. The zero-order valence-electron chi connectivity index (χ0n) is 24.4. The van der Waals surface area contributed by atoms with E-state index in [-0.39, 0.29) is 30.0 Å². The quantitative estimate of drug-likeness (QED) is 0.506. The number of alkyl halides is 2. The van der Waals surface area contributed by atoms with Crippen LogP contribution in [0.3, 0.4) is 0 Å². The van der Waals surface area contributed by atoms with Crippen LogP contribution in [0.1, 0.15) is 58.9 Å². The molecule has 5 rings (SSSR count). The maximum atomic E-state index is 17.8. The number of allylic oxidation sites excluding steroid dienone is 4. The summed E-state index contributed by atoms with van der Waals surface area (Å²) >= 11 is 0. The Hall–Kier alpha value is -2.71. The molecule has 6 nitrogen and oxygen atoms in total. The van der Waals surface area contributed by atoms with Crippen LogP contribution in [0.4, 0.5) is 8.78 Å². The lowest BCUT2D eigenvalue weighted by Crippen LogP contribution is -2.73. The standard InChI is InChI=1S/C33H41F2NO5/c1-21(37)41-20-27(39)25-19-36(18-22-9-6-5-7-10-22)14-8-12-31(3)28-16-26(34)24-15-23(38)11-13-30(24,2)33(28,35)29(40)17-32(25,31)4/h5-7,9-11,13,15,25-26,28-29,40H,8,12,14,16-20H2,1-4H3. The molecule has 1 aromatic rings. The molecule has 0 spiro atoms. The zero-order valence-corrected chi connectivity index (χ0v) is 24.4. The molecule has 3 fully saturated rings. The first kappa shape index (κ1) is 29.8. The first-order chi connectivity index (χ1) is 19.3. The van der Waals surface area contributed by atoms with Crippen molar-refractivity contribution in [2.45, 2.75) is 77.9 Å². The van der Waals surface area contributed by atoms with Crippen molar-refractivity contribution in [3.05, 3.63) is 59.7 Å². The summed E-state index contributed by atoms with van der Waals surface area (Å²) < 4.78 is 38.9. The fourth-order valence-electron chi connectivity index (χ4n) is 8.75. The number of benzene rings is 1. The smallest absolute Gasteiger partial charge is 0.303 e. The number of likely N-dealkylation sites (tertiary alicyclic amines) is 1. The van der Waals surface area contributed by atoms with Crippen LogP contribution in [0.15, 0.2) is 54.1 Å². The van der Waals surface area contributed by atoms with Crippen LogP contribution in [0, 0.1) is 28.1 Å². The van der Waals surface area contributed by atoms with Crippen molar-refractivity contribution < 1.29 is 33.0 Å². The van der Waals surface area contributed by atoms with Gasteiger partial charge >= 0.3 is 5.97 Å². The summed E-state index contributed by atoms with van der Waals surface area (Å²) in [6.07, 6.45) is 1.88. The van der Waals surface area contributed by atoms with Gasteiger partial charge in [0.2, 0.25) is 0 Å². The Balaban J connectivity index is 1.58. The average Bonchev–Trinajstić information content (AvgIpc) is 2.92. The molecule has 0 bridgehead atoms. The maximum Gasteiger partial charge on any atom is 0.303 e. The van der Waals surface area contributed by atoms with Gasteiger partial charge in [-0.25, -0.2) is 8.78 Å². The number of hydrogen-bond acceptors (Lipinski definition) is 6. The number of carbonyl (C=O) groups is 3. The highest BCUT2D eigenvalue weighted by molar-refractivity contribution is 6.01. The van der Waals surface area contributed by atoms with Gasteiger partial charge in [0.05, 0.1) is 6.10 Å². The molecule has 2 saturated carbocycles. The second kappa shape index (κ2) is 10.5. The minimum Gasteiger partial charge on any atom is -0.458 e. The molecule has 8 unspecified atom stereocenters. The van der Waals surface area contributed by atoms with E-state index in [2.05, 4.69) is 4.90 Å². The van der Waals surface area contributed by atoms with E-state index >= 15 is 8.78 Å². The van der Waals surface area contributed by atoms with Crippen LogP contribution in [0.2, 0.25) is 0 Å². The molecule has 0 aromatic heterocycles. The predicted octanol–water partition coefficient (Wildman–Crippen LogP) is 4.95. The lowest BCUT2D eigenvalue weighted by Gasteiger charge is -2.69. The molecule has 0 radical (unpaired) electrons. The number of aliphatic hydroxyl groups is 1. The molecular formula is C33H41F2NO5. The predicted molar refractivity (Wildman–Crippen MR) is 150 cm³/mol. The lowest BCUT2D eigenvalue weighted by molar-refractivity contribution is -0.251. The Morgan fingerprint density at radius 3 is 2.54 bits per heavy atom. The average molecular weight is 570 g/mol. The number of rotatable bonds is 5. The summed E-state index contributed by atoms with van der Waals surface area (Å²) in [5.41, 5.74) is -4.35. The molecule has 0 amide bonds. The van der Waals surface area contributed by atoms with Crippen molar-refractivity contribution in [3.8, 4) is 0 Å². The number of fused-ring (bicyclic) bond motifs is 5. The van der Waals surface area contributed by atoms with Crippen LogP contribution < -0.4 is 0 Å². The summed E-state index contributed by atoms with van der Waals surface area (Å²) in [6, 6.07) is 9.93. The van der Waals surface area contributed by atoms with E-state index in [1.54, 1.807) is 6.92 Å². The highest BCUT2D eigenvalue weighted by atomic mass is 19.1. The Kier molecular flexibility index (Phi) is 7.65. The number of aliphatic hydroxyl groups excluding tert-OH is 1. The third kappa shape index (κ3) is 4.62. The van der Waals surface area contributed by atoms with Crippen LogP contribution in [0.25, 0.3) is 0 Å². The van der Waals surface area contributed by atoms with Gasteiger partial charge in [-0.2, -0.15) is 0 Å². The van der Waals surface area contributed by atoms with E-state index in [9.17, 15) is 19.5 Å². The topological polar surface area (TPSA) is 83.9 Å². The van der Waals surface area contributed by atoms with Gasteiger partial charge in [-0.1, -0.05) is 50.3 Å². The summed E-state index contributed by atoms with van der Waals surface area (Å²) in [5.74, 6) is -2.84. The largest absolute Gasteiger partial charge is 0.458 e. The number of carbonyl (C=O) groups excluding carboxylic acids is 3. The van der Waals surface area contributed by atoms with E-state index in [1.165, 1.54) is 25.2 Å². The molecule has 1 aromatic carbocycles. The SMILES string of the molecule is CC(=O)OCC(=O)C1CN(Cc2ccccc2)CCCC2(C)C3CC(F)C4=CC(=O)C=CC4(C)C3(F)C(O)CC12C. The van der Waals surface area contributed by atoms with Gasteiger partial charge in [-0.05, 0) is 73.3 Å². The van der Waals surface area contributed by atoms with Gasteiger partial charge in [-0.3, -0.25) is 19.3 Å². The minimum atomic E-state index is -2.24. The summed E-state index contributed by atoms with van der Waals surface area (Å²) in [4.78, 5) is 39.9. The molecule has 4 aliphatic rings. The number of ether oxygens (including phenoxy) is 1. The Morgan fingerprint density at radius 2 is 1.85 bits per heavy atom. The second-order valence-corrected chi connectivity index (χ2v) is 13.2. The number of esters is 1. The van der Waals surface area contributed by atoms with Crippen molar-refractivity contribution >= 4 is 17.5 Å². The van der Waals surface area contributed by atoms with Crippen LogP contribution >= 0.6 is 0 Å². The Morgan fingerprint density at radius 1 is 1.15 bits per heavy atom. The van der Waals surface area contributed by atoms with E-state index < -0.39 is 58.6 Å². The number of nitrogens with zero attached hydrogens (tertiary/aromatic N) is 1. The highest BCUT2D eigenvalue weighted by Crippen LogP contribution is 2.71. The zero-order chi connectivity index (χ0) is 29.8. The van der Waals surface area contributed by atoms with Gasteiger partial charge in [-0.15, -0.1) is 0 Å². The summed E-state index contributed by atoms with van der Waals surface area (Å²) in [6.45, 7) is 7.92. The van der Waals surface area contributed by atoms with E-state index in [0.717, 1.165) is 5.56 Å². The molecule has 1 aliphatic heterocycles. The molecular weight excluding hydrogens is 528 g/mol.